The SMILES string of the molecule is CCc1ccc(CNC(=O)[C@@H]2COCC(=O)N2Cc2ccc(OC)cc2OC)cc1. The second-order valence-electron chi connectivity index (χ2n) is 7.12. The maximum atomic E-state index is 12.9. The van der Waals surface area contributed by atoms with Gasteiger partial charge in [0.25, 0.3) is 0 Å². The summed E-state index contributed by atoms with van der Waals surface area (Å²) in [5, 5.41) is 2.93. The van der Waals surface area contributed by atoms with Gasteiger partial charge in [-0.1, -0.05) is 31.2 Å². The summed E-state index contributed by atoms with van der Waals surface area (Å²) in [6, 6.07) is 12.8. The first-order chi connectivity index (χ1) is 14.5. The Balaban J connectivity index is 1.70. The van der Waals surface area contributed by atoms with Gasteiger partial charge in [0.1, 0.15) is 24.1 Å². The zero-order valence-corrected chi connectivity index (χ0v) is 17.6. The molecule has 0 aliphatic carbocycles. The van der Waals surface area contributed by atoms with Crippen molar-refractivity contribution in [2.24, 2.45) is 0 Å². The van der Waals surface area contributed by atoms with Crippen molar-refractivity contribution in [2.45, 2.75) is 32.5 Å². The van der Waals surface area contributed by atoms with Crippen molar-refractivity contribution < 1.29 is 23.8 Å². The normalized spacial score (nSPS) is 16.3. The summed E-state index contributed by atoms with van der Waals surface area (Å²) < 4.78 is 16.0. The molecule has 0 bridgehead atoms. The molecule has 1 N–H and O–H groups in total. The molecule has 30 heavy (non-hydrogen) atoms. The van der Waals surface area contributed by atoms with Gasteiger partial charge in [0, 0.05) is 18.2 Å². The number of ether oxygens (including phenoxy) is 3. The summed E-state index contributed by atoms with van der Waals surface area (Å²) in [7, 11) is 3.14. The summed E-state index contributed by atoms with van der Waals surface area (Å²) in [6.45, 7) is 2.86. The lowest BCUT2D eigenvalue weighted by Gasteiger charge is -2.34. The maximum Gasteiger partial charge on any atom is 0.249 e. The lowest BCUT2D eigenvalue weighted by atomic mass is 10.1. The third-order valence-corrected chi connectivity index (χ3v) is 5.23. The van der Waals surface area contributed by atoms with Crippen LogP contribution in [0.3, 0.4) is 0 Å². The molecule has 0 aromatic heterocycles. The Morgan fingerprint density at radius 2 is 1.87 bits per heavy atom. The average Bonchev–Trinajstić information content (AvgIpc) is 2.79. The third kappa shape index (κ3) is 5.10. The van der Waals surface area contributed by atoms with E-state index in [4.69, 9.17) is 14.2 Å². The number of nitrogens with zero attached hydrogens (tertiary/aromatic N) is 1. The van der Waals surface area contributed by atoms with Crippen LogP contribution in [0.2, 0.25) is 0 Å². The Morgan fingerprint density at radius 3 is 2.53 bits per heavy atom. The first-order valence-corrected chi connectivity index (χ1v) is 9.99. The smallest absolute Gasteiger partial charge is 0.249 e. The van der Waals surface area contributed by atoms with Crippen LogP contribution >= 0.6 is 0 Å². The fraction of sp³-hybridized carbons (Fsp3) is 0.391. The molecule has 1 heterocycles. The highest BCUT2D eigenvalue weighted by molar-refractivity contribution is 5.89. The van der Waals surface area contributed by atoms with Crippen LogP contribution in [-0.4, -0.2) is 50.2 Å². The first kappa shape index (κ1) is 21.6. The number of hydrogen-bond acceptors (Lipinski definition) is 5. The van der Waals surface area contributed by atoms with Gasteiger partial charge in [0.15, 0.2) is 0 Å². The molecule has 0 radical (unpaired) electrons. The lowest BCUT2D eigenvalue weighted by Crippen LogP contribution is -2.55. The highest BCUT2D eigenvalue weighted by atomic mass is 16.5. The molecule has 0 spiro atoms. The average molecular weight is 412 g/mol. The van der Waals surface area contributed by atoms with Crippen molar-refractivity contribution in [1.82, 2.24) is 10.2 Å². The van der Waals surface area contributed by atoms with Crippen molar-refractivity contribution in [3.63, 3.8) is 0 Å². The quantitative estimate of drug-likeness (QED) is 0.720. The monoisotopic (exact) mass is 412 g/mol. The number of carbonyl (C=O) groups excluding carboxylic acids is 2. The molecule has 1 aliphatic heterocycles. The van der Waals surface area contributed by atoms with Gasteiger partial charge in [0.05, 0.1) is 27.4 Å². The summed E-state index contributed by atoms with van der Waals surface area (Å²) in [4.78, 5) is 26.9. The standard InChI is InChI=1S/C23H28N2O5/c1-4-16-5-7-17(8-6-16)12-24-23(27)20-14-30-15-22(26)25(20)13-18-9-10-19(28-2)11-21(18)29-3/h5-11,20H,4,12-15H2,1-3H3,(H,24,27)/t20-/m0/s1. The summed E-state index contributed by atoms with van der Waals surface area (Å²) in [5.74, 6) is 0.790. The van der Waals surface area contributed by atoms with E-state index in [1.54, 1.807) is 31.3 Å². The van der Waals surface area contributed by atoms with Gasteiger partial charge in [-0.3, -0.25) is 9.59 Å². The van der Waals surface area contributed by atoms with Crippen molar-refractivity contribution in [2.75, 3.05) is 27.4 Å². The molecule has 7 heteroatoms. The van der Waals surface area contributed by atoms with E-state index in [0.717, 1.165) is 17.5 Å². The summed E-state index contributed by atoms with van der Waals surface area (Å²) >= 11 is 0. The van der Waals surface area contributed by atoms with E-state index < -0.39 is 6.04 Å². The molecule has 2 amide bonds. The summed E-state index contributed by atoms with van der Waals surface area (Å²) in [5.41, 5.74) is 3.05. The number of carbonyl (C=O) groups is 2. The molecular formula is C23H28N2O5. The summed E-state index contributed by atoms with van der Waals surface area (Å²) in [6.07, 6.45) is 0.970. The Hall–Kier alpha value is -3.06. The molecule has 1 atom stereocenters. The topological polar surface area (TPSA) is 77.1 Å². The van der Waals surface area contributed by atoms with E-state index in [-0.39, 0.29) is 31.6 Å². The van der Waals surface area contributed by atoms with E-state index >= 15 is 0 Å². The van der Waals surface area contributed by atoms with Crippen LogP contribution in [0.5, 0.6) is 11.5 Å². The number of methoxy groups -OCH3 is 2. The van der Waals surface area contributed by atoms with E-state index in [9.17, 15) is 9.59 Å². The first-order valence-electron chi connectivity index (χ1n) is 9.99. The van der Waals surface area contributed by atoms with Crippen LogP contribution in [0, 0.1) is 0 Å². The second-order valence-corrected chi connectivity index (χ2v) is 7.12. The Bertz CT molecular complexity index is 882. The Kier molecular flexibility index (Phi) is 7.30. The molecule has 1 saturated heterocycles. The highest BCUT2D eigenvalue weighted by Gasteiger charge is 2.34. The second kappa shape index (κ2) is 10.1. The van der Waals surface area contributed by atoms with Gasteiger partial charge in [-0.2, -0.15) is 0 Å². The molecule has 2 aromatic rings. The predicted molar refractivity (Wildman–Crippen MR) is 112 cm³/mol. The van der Waals surface area contributed by atoms with Crippen molar-refractivity contribution >= 4 is 11.8 Å². The van der Waals surface area contributed by atoms with Gasteiger partial charge in [0.2, 0.25) is 11.8 Å². The number of aryl methyl sites for hydroxylation is 1. The maximum absolute atomic E-state index is 12.9. The third-order valence-electron chi connectivity index (χ3n) is 5.23. The number of rotatable bonds is 8. The van der Waals surface area contributed by atoms with Crippen LogP contribution in [0.25, 0.3) is 0 Å². The number of nitrogens with one attached hydrogen (secondary N) is 1. The largest absolute Gasteiger partial charge is 0.497 e. The Labute approximate surface area is 176 Å². The minimum atomic E-state index is -0.701. The van der Waals surface area contributed by atoms with Crippen LogP contribution in [0.1, 0.15) is 23.6 Å². The fourth-order valence-electron chi connectivity index (χ4n) is 3.39. The van der Waals surface area contributed by atoms with Gasteiger partial charge < -0.3 is 24.4 Å². The van der Waals surface area contributed by atoms with Gasteiger partial charge in [-0.05, 0) is 29.7 Å². The van der Waals surface area contributed by atoms with E-state index in [0.29, 0.717) is 18.0 Å². The van der Waals surface area contributed by atoms with Crippen LogP contribution in [0.4, 0.5) is 0 Å². The molecule has 7 nitrogen and oxygen atoms in total. The molecule has 1 fully saturated rings. The zero-order chi connectivity index (χ0) is 21.5. The van der Waals surface area contributed by atoms with Crippen LogP contribution in [-0.2, 0) is 33.8 Å². The van der Waals surface area contributed by atoms with Crippen LogP contribution in [0.15, 0.2) is 42.5 Å². The van der Waals surface area contributed by atoms with Crippen molar-refractivity contribution in [3.8, 4) is 11.5 Å². The highest BCUT2D eigenvalue weighted by Crippen LogP contribution is 2.27. The number of benzene rings is 2. The Morgan fingerprint density at radius 1 is 1.13 bits per heavy atom. The van der Waals surface area contributed by atoms with E-state index in [2.05, 4.69) is 24.4 Å². The van der Waals surface area contributed by atoms with Gasteiger partial charge in [-0.15, -0.1) is 0 Å². The number of morpholine rings is 1. The van der Waals surface area contributed by atoms with Crippen LogP contribution < -0.4 is 14.8 Å². The molecular weight excluding hydrogens is 384 g/mol. The predicted octanol–water partition coefficient (Wildman–Crippen LogP) is 2.31. The molecule has 0 unspecified atom stereocenters. The molecule has 160 valence electrons. The molecule has 0 saturated carbocycles. The van der Waals surface area contributed by atoms with Crippen molar-refractivity contribution in [1.29, 1.82) is 0 Å². The van der Waals surface area contributed by atoms with Gasteiger partial charge >= 0.3 is 0 Å². The van der Waals surface area contributed by atoms with Gasteiger partial charge in [-0.25, -0.2) is 0 Å². The lowest BCUT2D eigenvalue weighted by molar-refractivity contribution is -0.155. The minimum absolute atomic E-state index is 0.0409. The van der Waals surface area contributed by atoms with E-state index in [1.165, 1.54) is 5.56 Å². The number of amides is 2. The van der Waals surface area contributed by atoms with Crippen molar-refractivity contribution in [3.05, 3.63) is 59.2 Å². The molecule has 3 rings (SSSR count). The van der Waals surface area contributed by atoms with E-state index in [1.807, 2.05) is 18.2 Å². The minimum Gasteiger partial charge on any atom is -0.497 e. The molecule has 2 aromatic carbocycles. The number of hydrogen-bond donors (Lipinski definition) is 1. The molecule has 1 aliphatic rings. The fourth-order valence-corrected chi connectivity index (χ4v) is 3.39. The zero-order valence-electron chi connectivity index (χ0n) is 17.6.